The van der Waals surface area contributed by atoms with E-state index in [0.717, 1.165) is 22.6 Å². The van der Waals surface area contributed by atoms with Gasteiger partial charge in [0.15, 0.2) is 0 Å². The molecule has 0 aliphatic heterocycles. The maximum Gasteiger partial charge on any atom is 0.329 e. The van der Waals surface area contributed by atoms with Crippen LogP contribution in [0.25, 0.3) is 11.3 Å². The summed E-state index contributed by atoms with van der Waals surface area (Å²) in [5, 5.41) is 3.06. The predicted octanol–water partition coefficient (Wildman–Crippen LogP) is 3.79. The molecule has 0 saturated heterocycles. The van der Waals surface area contributed by atoms with Crippen molar-refractivity contribution in [3.05, 3.63) is 78.4 Å². The highest BCUT2D eigenvalue weighted by atomic mass is 16.7. The zero-order valence-electron chi connectivity index (χ0n) is 16.3. The van der Waals surface area contributed by atoms with E-state index in [4.69, 9.17) is 9.57 Å². The van der Waals surface area contributed by atoms with E-state index >= 15 is 0 Å². The fourth-order valence-corrected chi connectivity index (χ4v) is 2.61. The summed E-state index contributed by atoms with van der Waals surface area (Å²) in [4.78, 5) is 25.2. The number of aliphatic imine (C=N–C) groups is 1. The van der Waals surface area contributed by atoms with Crippen molar-refractivity contribution in [2.75, 3.05) is 12.4 Å². The molecule has 7 nitrogen and oxygen atoms in total. The van der Waals surface area contributed by atoms with E-state index in [1.54, 1.807) is 13.2 Å². The number of carbonyl (C=O) groups excluding carboxylic acids is 1. The number of nitrogens with one attached hydrogen (secondary N) is 2. The van der Waals surface area contributed by atoms with Crippen molar-refractivity contribution in [2.24, 2.45) is 4.99 Å². The molecular formula is C22H22N4O3. The van der Waals surface area contributed by atoms with E-state index in [2.05, 4.69) is 20.8 Å². The van der Waals surface area contributed by atoms with Crippen LogP contribution < -0.4 is 15.5 Å². The Morgan fingerprint density at radius 3 is 2.52 bits per heavy atom. The van der Waals surface area contributed by atoms with Gasteiger partial charge in [0.25, 0.3) is 0 Å². The predicted molar refractivity (Wildman–Crippen MR) is 112 cm³/mol. The van der Waals surface area contributed by atoms with Crippen LogP contribution in [0.2, 0.25) is 0 Å². The lowest BCUT2D eigenvalue weighted by Crippen LogP contribution is -2.32. The Bertz CT molecular complexity index is 990. The molecule has 2 N–H and O–H groups in total. The number of aromatic nitrogens is 1. The van der Waals surface area contributed by atoms with Gasteiger partial charge < -0.3 is 14.9 Å². The summed E-state index contributed by atoms with van der Waals surface area (Å²) < 4.78 is 5.35. The third-order valence-corrected chi connectivity index (χ3v) is 3.96. The number of hydroxylamine groups is 1. The van der Waals surface area contributed by atoms with Crippen LogP contribution >= 0.6 is 0 Å². The molecular weight excluding hydrogens is 368 g/mol. The molecule has 3 aromatic rings. The van der Waals surface area contributed by atoms with E-state index in [0.29, 0.717) is 12.4 Å². The van der Waals surface area contributed by atoms with Crippen LogP contribution in [-0.4, -0.2) is 24.0 Å². The summed E-state index contributed by atoms with van der Waals surface area (Å²) in [6, 6.07) is 23.0. The largest absolute Gasteiger partial charge is 0.496 e. The zero-order chi connectivity index (χ0) is 20.5. The lowest BCUT2D eigenvalue weighted by molar-refractivity contribution is -0.145. The molecule has 0 atom stereocenters. The second-order valence-corrected chi connectivity index (χ2v) is 6.07. The van der Waals surface area contributed by atoms with E-state index in [1.165, 1.54) is 6.92 Å². The summed E-state index contributed by atoms with van der Waals surface area (Å²) in [5.74, 6) is 1.06. The minimum atomic E-state index is -0.484. The molecule has 29 heavy (non-hydrogen) atoms. The zero-order valence-corrected chi connectivity index (χ0v) is 16.3. The number of para-hydroxylation sites is 1. The second kappa shape index (κ2) is 9.89. The van der Waals surface area contributed by atoms with E-state index in [9.17, 15) is 4.79 Å². The van der Waals surface area contributed by atoms with E-state index in [1.807, 2.05) is 66.7 Å². The van der Waals surface area contributed by atoms with Gasteiger partial charge in [-0.1, -0.05) is 54.6 Å². The van der Waals surface area contributed by atoms with Gasteiger partial charge in [0.1, 0.15) is 11.6 Å². The molecule has 0 unspecified atom stereocenters. The van der Waals surface area contributed by atoms with Gasteiger partial charge in [-0.05, 0) is 18.2 Å². The molecule has 148 valence electrons. The quantitative estimate of drug-likeness (QED) is 0.392. The van der Waals surface area contributed by atoms with Crippen molar-refractivity contribution in [1.82, 2.24) is 10.5 Å². The molecule has 2 aromatic carbocycles. The molecule has 1 heterocycles. The van der Waals surface area contributed by atoms with Gasteiger partial charge in [-0.2, -0.15) is 5.48 Å². The Morgan fingerprint density at radius 2 is 1.76 bits per heavy atom. The number of carbonyl (C=O) groups is 1. The Hall–Kier alpha value is -3.87. The van der Waals surface area contributed by atoms with Crippen LogP contribution in [0.3, 0.4) is 0 Å². The van der Waals surface area contributed by atoms with E-state index in [-0.39, 0.29) is 5.96 Å². The number of nitrogens with zero attached hydrogens (tertiary/aromatic N) is 2. The third kappa shape index (κ3) is 5.80. The fraction of sp³-hybridized carbons (Fsp3) is 0.136. The van der Waals surface area contributed by atoms with Crippen molar-refractivity contribution in [1.29, 1.82) is 0 Å². The van der Waals surface area contributed by atoms with Crippen LogP contribution in [0.1, 0.15) is 12.5 Å². The van der Waals surface area contributed by atoms with Crippen LogP contribution in [-0.2, 0) is 16.2 Å². The Morgan fingerprint density at radius 1 is 1.00 bits per heavy atom. The number of ether oxygens (including phenoxy) is 1. The Labute approximate surface area is 169 Å². The van der Waals surface area contributed by atoms with E-state index < -0.39 is 5.97 Å². The highest BCUT2D eigenvalue weighted by Gasteiger charge is 2.07. The van der Waals surface area contributed by atoms with Crippen LogP contribution in [0.5, 0.6) is 5.75 Å². The van der Waals surface area contributed by atoms with Crippen molar-refractivity contribution in [2.45, 2.75) is 13.5 Å². The molecule has 1 aromatic heterocycles. The minimum absolute atomic E-state index is 0.254. The highest BCUT2D eigenvalue weighted by molar-refractivity contribution is 5.93. The first kappa shape index (κ1) is 19.9. The molecule has 0 spiro atoms. The lowest BCUT2D eigenvalue weighted by Gasteiger charge is -2.12. The third-order valence-electron chi connectivity index (χ3n) is 3.96. The van der Waals surface area contributed by atoms with Gasteiger partial charge in [0.2, 0.25) is 5.96 Å². The average Bonchev–Trinajstić information content (AvgIpc) is 2.76. The van der Waals surface area contributed by atoms with Crippen molar-refractivity contribution in [3.8, 4) is 17.0 Å². The fourth-order valence-electron chi connectivity index (χ4n) is 2.61. The molecule has 0 amide bonds. The van der Waals surface area contributed by atoms with Crippen molar-refractivity contribution >= 4 is 17.7 Å². The highest BCUT2D eigenvalue weighted by Crippen LogP contribution is 2.19. The monoisotopic (exact) mass is 390 g/mol. The molecule has 0 aliphatic rings. The first-order valence-electron chi connectivity index (χ1n) is 9.05. The molecule has 3 rings (SSSR count). The van der Waals surface area contributed by atoms with Gasteiger partial charge in [0.05, 0.1) is 19.3 Å². The number of methoxy groups -OCH3 is 1. The maximum atomic E-state index is 11.2. The van der Waals surface area contributed by atoms with Crippen molar-refractivity contribution < 1.29 is 14.4 Å². The molecule has 7 heteroatoms. The smallest absolute Gasteiger partial charge is 0.329 e. The summed E-state index contributed by atoms with van der Waals surface area (Å²) in [6.07, 6.45) is 0. The van der Waals surface area contributed by atoms with Gasteiger partial charge >= 0.3 is 5.97 Å². The SMILES string of the molecule is COc1ccccc1CN=C(NOC(C)=O)Nc1cccc(-c2ccccc2)n1. The Balaban J connectivity index is 1.81. The van der Waals surface area contributed by atoms with Crippen LogP contribution in [0.4, 0.5) is 5.82 Å². The number of guanidine groups is 1. The van der Waals surface area contributed by atoms with Gasteiger partial charge in [0, 0.05) is 18.1 Å². The summed E-state index contributed by atoms with van der Waals surface area (Å²) >= 11 is 0. The summed E-state index contributed by atoms with van der Waals surface area (Å²) in [7, 11) is 1.61. The van der Waals surface area contributed by atoms with Crippen LogP contribution in [0, 0.1) is 0 Å². The van der Waals surface area contributed by atoms with Gasteiger partial charge in [-0.3, -0.25) is 4.79 Å². The number of benzene rings is 2. The standard InChI is InChI=1S/C22H22N4O3/c1-16(27)29-26-22(23-15-18-11-6-7-13-20(18)28-2)25-21-14-8-12-19(24-21)17-9-4-3-5-10-17/h3-14H,15H2,1-2H3,(H2,23,24,25,26). The topological polar surface area (TPSA) is 84.8 Å². The maximum absolute atomic E-state index is 11.2. The average molecular weight is 390 g/mol. The van der Waals surface area contributed by atoms with Crippen LogP contribution in [0.15, 0.2) is 77.8 Å². The number of hydrogen-bond acceptors (Lipinski definition) is 5. The van der Waals surface area contributed by atoms with Gasteiger partial charge in [-0.15, -0.1) is 0 Å². The molecule has 0 saturated carbocycles. The lowest BCUT2D eigenvalue weighted by atomic mass is 10.1. The second-order valence-electron chi connectivity index (χ2n) is 6.07. The first-order chi connectivity index (χ1) is 14.2. The number of rotatable bonds is 5. The number of anilines is 1. The van der Waals surface area contributed by atoms with Crippen molar-refractivity contribution in [3.63, 3.8) is 0 Å². The summed E-state index contributed by atoms with van der Waals surface area (Å²) in [5.41, 5.74) is 5.25. The minimum Gasteiger partial charge on any atom is -0.496 e. The Kier molecular flexibility index (Phi) is 6.78. The summed E-state index contributed by atoms with van der Waals surface area (Å²) in [6.45, 7) is 1.62. The normalized spacial score (nSPS) is 10.9. The molecule has 0 radical (unpaired) electrons. The first-order valence-corrected chi connectivity index (χ1v) is 9.05. The number of hydrogen-bond donors (Lipinski definition) is 2. The molecule has 0 aliphatic carbocycles. The molecule has 0 fully saturated rings. The number of pyridine rings is 1. The van der Waals surface area contributed by atoms with Gasteiger partial charge in [-0.25, -0.2) is 9.98 Å². The molecule has 0 bridgehead atoms.